The van der Waals surface area contributed by atoms with Gasteiger partial charge in [0, 0.05) is 11.3 Å². The lowest BCUT2D eigenvalue weighted by atomic mass is 9.78. The van der Waals surface area contributed by atoms with Crippen LogP contribution in [0.5, 0.6) is 0 Å². The monoisotopic (exact) mass is 257 g/mol. The molecule has 102 valence electrons. The minimum absolute atomic E-state index is 0.591. The highest BCUT2D eigenvalue weighted by atomic mass is 16.3. The van der Waals surface area contributed by atoms with Gasteiger partial charge in [0.05, 0.1) is 0 Å². The molecule has 2 aromatic rings. The lowest BCUT2D eigenvalue weighted by Crippen LogP contribution is -2.27. The smallest absolute Gasteiger partial charge is 0.137 e. The van der Waals surface area contributed by atoms with E-state index in [0.717, 1.165) is 18.0 Å². The molecular weight excluding hydrogens is 234 g/mol. The molecule has 3 rings (SSSR count). The molecule has 2 unspecified atom stereocenters. The first kappa shape index (κ1) is 12.7. The van der Waals surface area contributed by atoms with Crippen LogP contribution in [0.3, 0.4) is 0 Å². The van der Waals surface area contributed by atoms with E-state index in [1.54, 1.807) is 0 Å². The molecule has 1 fully saturated rings. The first-order chi connectivity index (χ1) is 9.29. The van der Waals surface area contributed by atoms with E-state index in [-0.39, 0.29) is 0 Å². The van der Waals surface area contributed by atoms with E-state index in [1.165, 1.54) is 42.4 Å². The Morgan fingerprint density at radius 3 is 2.89 bits per heavy atom. The average molecular weight is 257 g/mol. The van der Waals surface area contributed by atoms with Gasteiger partial charge in [0.15, 0.2) is 0 Å². The van der Waals surface area contributed by atoms with Crippen molar-refractivity contribution in [1.29, 1.82) is 0 Å². The summed E-state index contributed by atoms with van der Waals surface area (Å²) in [6.45, 7) is 3.22. The van der Waals surface area contributed by atoms with Gasteiger partial charge in [-0.25, -0.2) is 0 Å². The SMILES string of the molecule is CNCC1CCCCC1c1cc2cccc(C)c2o1. The number of para-hydroxylation sites is 1. The molecule has 1 aliphatic carbocycles. The van der Waals surface area contributed by atoms with Gasteiger partial charge in [-0.3, -0.25) is 0 Å². The molecule has 1 aliphatic rings. The first-order valence-corrected chi connectivity index (χ1v) is 7.43. The molecule has 0 spiro atoms. The van der Waals surface area contributed by atoms with Crippen molar-refractivity contribution in [2.45, 2.75) is 38.5 Å². The Hall–Kier alpha value is -1.28. The van der Waals surface area contributed by atoms with E-state index in [1.807, 2.05) is 0 Å². The summed E-state index contributed by atoms with van der Waals surface area (Å²) in [6.07, 6.45) is 5.29. The van der Waals surface area contributed by atoms with Crippen molar-refractivity contribution in [1.82, 2.24) is 5.32 Å². The highest BCUT2D eigenvalue weighted by molar-refractivity contribution is 5.81. The van der Waals surface area contributed by atoms with Crippen molar-refractivity contribution in [3.8, 4) is 0 Å². The number of rotatable bonds is 3. The maximum absolute atomic E-state index is 6.19. The highest BCUT2D eigenvalue weighted by Crippen LogP contribution is 2.39. The van der Waals surface area contributed by atoms with Gasteiger partial charge in [-0.1, -0.05) is 31.0 Å². The Balaban J connectivity index is 1.95. The second kappa shape index (κ2) is 5.38. The van der Waals surface area contributed by atoms with Crippen LogP contribution >= 0.6 is 0 Å². The summed E-state index contributed by atoms with van der Waals surface area (Å²) >= 11 is 0. The van der Waals surface area contributed by atoms with E-state index in [4.69, 9.17) is 4.42 Å². The molecule has 0 amide bonds. The van der Waals surface area contributed by atoms with E-state index < -0.39 is 0 Å². The summed E-state index contributed by atoms with van der Waals surface area (Å²) in [6, 6.07) is 8.66. The van der Waals surface area contributed by atoms with E-state index in [2.05, 4.69) is 43.6 Å². The van der Waals surface area contributed by atoms with Crippen LogP contribution in [0.4, 0.5) is 0 Å². The Bertz CT molecular complexity index is 555. The van der Waals surface area contributed by atoms with E-state index in [0.29, 0.717) is 5.92 Å². The summed E-state index contributed by atoms with van der Waals surface area (Å²) < 4.78 is 6.19. The van der Waals surface area contributed by atoms with Crippen LogP contribution in [-0.2, 0) is 0 Å². The third kappa shape index (κ3) is 2.42. The van der Waals surface area contributed by atoms with Crippen LogP contribution in [0.1, 0.15) is 42.9 Å². The minimum atomic E-state index is 0.591. The number of fused-ring (bicyclic) bond motifs is 1. The van der Waals surface area contributed by atoms with Crippen molar-refractivity contribution in [3.05, 3.63) is 35.6 Å². The molecule has 0 aliphatic heterocycles. The van der Waals surface area contributed by atoms with Gasteiger partial charge in [0.2, 0.25) is 0 Å². The molecular formula is C17H23NO. The van der Waals surface area contributed by atoms with Crippen molar-refractivity contribution in [3.63, 3.8) is 0 Å². The van der Waals surface area contributed by atoms with Crippen LogP contribution in [0.25, 0.3) is 11.0 Å². The van der Waals surface area contributed by atoms with Gasteiger partial charge in [0.1, 0.15) is 11.3 Å². The van der Waals surface area contributed by atoms with Crippen LogP contribution in [0.15, 0.2) is 28.7 Å². The van der Waals surface area contributed by atoms with Gasteiger partial charge in [-0.05, 0) is 50.9 Å². The zero-order valence-electron chi connectivity index (χ0n) is 11.9. The van der Waals surface area contributed by atoms with Crippen LogP contribution < -0.4 is 5.32 Å². The van der Waals surface area contributed by atoms with Crippen molar-refractivity contribution in [2.75, 3.05) is 13.6 Å². The molecule has 1 aromatic carbocycles. The summed E-state index contributed by atoms with van der Waals surface area (Å²) in [4.78, 5) is 0. The summed E-state index contributed by atoms with van der Waals surface area (Å²) in [5, 5.41) is 4.59. The Morgan fingerprint density at radius 2 is 2.11 bits per heavy atom. The number of hydrogen-bond donors (Lipinski definition) is 1. The predicted octanol–water partition coefficient (Wildman–Crippen LogP) is 4.23. The summed E-state index contributed by atoms with van der Waals surface area (Å²) in [7, 11) is 2.05. The first-order valence-electron chi connectivity index (χ1n) is 7.43. The number of benzene rings is 1. The maximum atomic E-state index is 6.19. The second-order valence-corrected chi connectivity index (χ2v) is 5.85. The fourth-order valence-corrected chi connectivity index (χ4v) is 3.50. The Kier molecular flexibility index (Phi) is 3.61. The van der Waals surface area contributed by atoms with E-state index in [9.17, 15) is 0 Å². The fraction of sp³-hybridized carbons (Fsp3) is 0.529. The predicted molar refractivity (Wildman–Crippen MR) is 79.6 cm³/mol. The van der Waals surface area contributed by atoms with E-state index >= 15 is 0 Å². The zero-order valence-corrected chi connectivity index (χ0v) is 11.9. The van der Waals surface area contributed by atoms with Gasteiger partial charge in [0.25, 0.3) is 0 Å². The standard InChI is InChI=1S/C17H23NO/c1-12-6-5-8-13-10-16(19-17(12)13)15-9-4-3-7-14(15)11-18-2/h5-6,8,10,14-15,18H,3-4,7,9,11H2,1-2H3. The van der Waals surface area contributed by atoms with Crippen molar-refractivity contribution < 1.29 is 4.42 Å². The number of hydrogen-bond acceptors (Lipinski definition) is 2. The van der Waals surface area contributed by atoms with Gasteiger partial charge in [-0.2, -0.15) is 0 Å². The van der Waals surface area contributed by atoms with Crippen LogP contribution in [0, 0.1) is 12.8 Å². The second-order valence-electron chi connectivity index (χ2n) is 5.85. The largest absolute Gasteiger partial charge is 0.460 e. The lowest BCUT2D eigenvalue weighted by Gasteiger charge is -2.29. The van der Waals surface area contributed by atoms with Gasteiger partial charge < -0.3 is 9.73 Å². The minimum Gasteiger partial charge on any atom is -0.460 e. The van der Waals surface area contributed by atoms with Gasteiger partial charge in [-0.15, -0.1) is 0 Å². The summed E-state index contributed by atoms with van der Waals surface area (Å²) in [5.41, 5.74) is 2.32. The molecule has 2 atom stereocenters. The van der Waals surface area contributed by atoms with Gasteiger partial charge >= 0.3 is 0 Å². The zero-order chi connectivity index (χ0) is 13.2. The molecule has 19 heavy (non-hydrogen) atoms. The third-order valence-electron chi connectivity index (χ3n) is 4.50. The Morgan fingerprint density at radius 1 is 1.26 bits per heavy atom. The van der Waals surface area contributed by atoms with Crippen molar-refractivity contribution >= 4 is 11.0 Å². The van der Waals surface area contributed by atoms with Crippen LogP contribution in [-0.4, -0.2) is 13.6 Å². The Labute approximate surface area is 115 Å². The quantitative estimate of drug-likeness (QED) is 0.890. The normalized spacial score (nSPS) is 23.9. The number of furan rings is 1. The summed E-state index contributed by atoms with van der Waals surface area (Å²) in [5.74, 6) is 2.51. The van der Waals surface area contributed by atoms with Crippen LogP contribution in [0.2, 0.25) is 0 Å². The molecule has 1 saturated carbocycles. The molecule has 1 N–H and O–H groups in total. The molecule has 2 nitrogen and oxygen atoms in total. The molecule has 1 aromatic heterocycles. The molecule has 0 radical (unpaired) electrons. The molecule has 2 heteroatoms. The molecule has 0 bridgehead atoms. The average Bonchev–Trinajstić information content (AvgIpc) is 2.85. The third-order valence-corrected chi connectivity index (χ3v) is 4.50. The topological polar surface area (TPSA) is 25.2 Å². The molecule has 1 heterocycles. The molecule has 0 saturated heterocycles. The highest BCUT2D eigenvalue weighted by Gasteiger charge is 2.28. The number of aryl methyl sites for hydroxylation is 1. The lowest BCUT2D eigenvalue weighted by molar-refractivity contribution is 0.272. The fourth-order valence-electron chi connectivity index (χ4n) is 3.50. The van der Waals surface area contributed by atoms with Crippen molar-refractivity contribution in [2.24, 2.45) is 5.92 Å². The number of nitrogens with one attached hydrogen (secondary N) is 1. The maximum Gasteiger partial charge on any atom is 0.137 e.